The molecule has 2 aromatic rings. The number of nitrogens with one attached hydrogen (secondary N) is 1. The van der Waals surface area contributed by atoms with E-state index in [4.69, 9.17) is 0 Å². The van der Waals surface area contributed by atoms with Crippen LogP contribution in [0.5, 0.6) is 0 Å². The molecular weight excluding hydrogens is 355 g/mol. The van der Waals surface area contributed by atoms with Gasteiger partial charge in [-0.3, -0.25) is 9.59 Å². The highest BCUT2D eigenvalue weighted by Crippen LogP contribution is 2.35. The maximum absolute atomic E-state index is 13.6. The average molecular weight is 382 g/mol. The second kappa shape index (κ2) is 8.55. The van der Waals surface area contributed by atoms with Gasteiger partial charge in [-0.2, -0.15) is 0 Å². The number of halogens is 1. The van der Waals surface area contributed by atoms with Gasteiger partial charge in [0.1, 0.15) is 5.82 Å². The van der Waals surface area contributed by atoms with Crippen molar-refractivity contribution in [1.82, 2.24) is 10.2 Å². The summed E-state index contributed by atoms with van der Waals surface area (Å²) in [6, 6.07) is 14.4. The number of rotatable bonds is 5. The summed E-state index contributed by atoms with van der Waals surface area (Å²) in [6.45, 7) is 2.99. The van der Waals surface area contributed by atoms with Crippen LogP contribution in [0.3, 0.4) is 0 Å². The third kappa shape index (κ3) is 4.24. The van der Waals surface area contributed by atoms with Gasteiger partial charge in [0, 0.05) is 26.6 Å². The lowest BCUT2D eigenvalue weighted by atomic mass is 9.74. The van der Waals surface area contributed by atoms with E-state index < -0.39 is 5.41 Å². The number of nitrogens with zero attached hydrogens (tertiary/aromatic N) is 1. The molecule has 0 radical (unpaired) electrons. The Hall–Kier alpha value is -2.69. The van der Waals surface area contributed by atoms with Crippen LogP contribution < -0.4 is 5.32 Å². The molecule has 3 rings (SSSR count). The van der Waals surface area contributed by atoms with E-state index in [1.54, 1.807) is 13.1 Å². The number of benzene rings is 2. The molecule has 4 nitrogen and oxygen atoms in total. The molecule has 0 saturated carbocycles. The van der Waals surface area contributed by atoms with E-state index in [9.17, 15) is 14.0 Å². The zero-order chi connectivity index (χ0) is 20.1. The fourth-order valence-electron chi connectivity index (χ4n) is 4.16. The third-order valence-corrected chi connectivity index (χ3v) is 5.57. The summed E-state index contributed by atoms with van der Waals surface area (Å²) in [5.41, 5.74) is 2.10. The van der Waals surface area contributed by atoms with E-state index >= 15 is 0 Å². The van der Waals surface area contributed by atoms with Gasteiger partial charge in [0.15, 0.2) is 0 Å². The molecule has 1 saturated heterocycles. The van der Waals surface area contributed by atoms with Crippen molar-refractivity contribution < 1.29 is 14.0 Å². The maximum Gasteiger partial charge on any atom is 0.228 e. The second-order valence-electron chi connectivity index (χ2n) is 7.52. The molecule has 0 aromatic heterocycles. The first-order chi connectivity index (χ1) is 13.5. The lowest BCUT2D eigenvalue weighted by Crippen LogP contribution is -2.53. The smallest absolute Gasteiger partial charge is 0.228 e. The number of carbonyl (C=O) groups is 2. The van der Waals surface area contributed by atoms with Crippen LogP contribution in [-0.2, 0) is 16.0 Å². The van der Waals surface area contributed by atoms with Crippen LogP contribution in [0.1, 0.15) is 31.7 Å². The molecule has 1 fully saturated rings. The van der Waals surface area contributed by atoms with Crippen molar-refractivity contribution in [3.8, 4) is 11.1 Å². The molecular formula is C23H27FN2O2. The van der Waals surface area contributed by atoms with Crippen LogP contribution >= 0.6 is 0 Å². The summed E-state index contributed by atoms with van der Waals surface area (Å²) in [6.07, 6.45) is 2.54. The van der Waals surface area contributed by atoms with Gasteiger partial charge in [0.05, 0.1) is 5.41 Å². The van der Waals surface area contributed by atoms with Gasteiger partial charge in [0.25, 0.3) is 0 Å². The van der Waals surface area contributed by atoms with Crippen molar-refractivity contribution in [3.63, 3.8) is 0 Å². The summed E-state index contributed by atoms with van der Waals surface area (Å²) >= 11 is 0. The number of hydrogen-bond donors (Lipinski definition) is 1. The lowest BCUT2D eigenvalue weighted by Gasteiger charge is -2.41. The topological polar surface area (TPSA) is 49.4 Å². The number of amides is 2. The first-order valence-electron chi connectivity index (χ1n) is 9.82. The van der Waals surface area contributed by atoms with Crippen LogP contribution in [0.25, 0.3) is 11.1 Å². The summed E-state index contributed by atoms with van der Waals surface area (Å²) in [5.74, 6) is -0.218. The van der Waals surface area contributed by atoms with Crippen molar-refractivity contribution in [2.75, 3.05) is 20.1 Å². The lowest BCUT2D eigenvalue weighted by molar-refractivity contribution is -0.141. The molecule has 1 N–H and O–H groups in total. The van der Waals surface area contributed by atoms with Gasteiger partial charge in [-0.1, -0.05) is 43.3 Å². The van der Waals surface area contributed by atoms with Gasteiger partial charge in [0.2, 0.25) is 11.8 Å². The normalized spacial score (nSPS) is 19.3. The van der Waals surface area contributed by atoms with Crippen molar-refractivity contribution in [1.29, 1.82) is 0 Å². The Morgan fingerprint density at radius 2 is 1.86 bits per heavy atom. The highest BCUT2D eigenvalue weighted by Gasteiger charge is 2.42. The number of piperidine rings is 1. The minimum atomic E-state index is -0.640. The predicted octanol–water partition coefficient (Wildman–Crippen LogP) is 3.80. The molecule has 1 heterocycles. The van der Waals surface area contributed by atoms with Crippen molar-refractivity contribution in [2.24, 2.45) is 5.41 Å². The molecule has 0 bridgehead atoms. The zero-order valence-corrected chi connectivity index (χ0v) is 16.5. The fourth-order valence-corrected chi connectivity index (χ4v) is 4.16. The Morgan fingerprint density at radius 1 is 1.14 bits per heavy atom. The Labute approximate surface area is 165 Å². The van der Waals surface area contributed by atoms with E-state index in [2.05, 4.69) is 5.32 Å². The van der Waals surface area contributed by atoms with E-state index in [-0.39, 0.29) is 17.6 Å². The first kappa shape index (κ1) is 20.1. The third-order valence-electron chi connectivity index (χ3n) is 5.57. The van der Waals surface area contributed by atoms with Crippen LogP contribution in [0, 0.1) is 11.2 Å². The zero-order valence-electron chi connectivity index (χ0n) is 16.5. The summed E-state index contributed by atoms with van der Waals surface area (Å²) < 4.78 is 13.6. The second-order valence-corrected chi connectivity index (χ2v) is 7.52. The number of likely N-dealkylation sites (tertiary alicyclic amines) is 1. The fraction of sp³-hybridized carbons (Fsp3) is 0.391. The molecule has 1 aliphatic heterocycles. The van der Waals surface area contributed by atoms with Crippen molar-refractivity contribution in [3.05, 3.63) is 59.9 Å². The monoisotopic (exact) mass is 382 g/mol. The minimum absolute atomic E-state index is 0.0303. The SMILES string of the molecule is CCC(=O)N1CCC[C@](Cc2cccc(-c3cccc(F)c3)c2)(C(=O)NC)C1. The average Bonchev–Trinajstić information content (AvgIpc) is 2.72. The number of hydrogen-bond acceptors (Lipinski definition) is 2. The first-order valence-corrected chi connectivity index (χ1v) is 9.82. The Bertz CT molecular complexity index is 867. The van der Waals surface area contributed by atoms with Gasteiger partial charge in [-0.25, -0.2) is 4.39 Å². The molecule has 2 aromatic carbocycles. The van der Waals surface area contributed by atoms with Crippen LogP contribution in [0.2, 0.25) is 0 Å². The Balaban J connectivity index is 1.91. The molecule has 1 atom stereocenters. The standard InChI is InChI=1S/C23H27FN2O2/c1-3-21(27)26-12-6-11-23(16-26,22(28)25-2)15-17-7-4-8-18(13-17)19-9-5-10-20(24)14-19/h4-5,7-10,13-14H,3,6,11-12,15-16H2,1-2H3,(H,25,28)/t23-/m1/s1. The van der Waals surface area contributed by atoms with Crippen LogP contribution in [-0.4, -0.2) is 36.9 Å². The molecule has 0 aliphatic carbocycles. The summed E-state index contributed by atoms with van der Waals surface area (Å²) in [7, 11) is 1.65. The highest BCUT2D eigenvalue weighted by atomic mass is 19.1. The maximum atomic E-state index is 13.6. The van der Waals surface area contributed by atoms with Crippen molar-refractivity contribution in [2.45, 2.75) is 32.6 Å². The van der Waals surface area contributed by atoms with Gasteiger partial charge in [-0.15, -0.1) is 0 Å². The molecule has 2 amide bonds. The molecule has 0 unspecified atom stereocenters. The van der Waals surface area contributed by atoms with Crippen LogP contribution in [0.15, 0.2) is 48.5 Å². The summed E-state index contributed by atoms with van der Waals surface area (Å²) in [5, 5.41) is 2.80. The largest absolute Gasteiger partial charge is 0.359 e. The van der Waals surface area contributed by atoms with E-state index in [0.29, 0.717) is 25.9 Å². The van der Waals surface area contributed by atoms with Crippen molar-refractivity contribution >= 4 is 11.8 Å². The summed E-state index contributed by atoms with van der Waals surface area (Å²) in [4.78, 5) is 26.9. The predicted molar refractivity (Wildman–Crippen MR) is 108 cm³/mol. The Kier molecular flexibility index (Phi) is 6.12. The highest BCUT2D eigenvalue weighted by molar-refractivity contribution is 5.85. The molecule has 28 heavy (non-hydrogen) atoms. The quantitative estimate of drug-likeness (QED) is 0.855. The number of carbonyl (C=O) groups excluding carboxylic acids is 2. The van der Waals surface area contributed by atoms with E-state index in [0.717, 1.165) is 29.5 Å². The molecule has 0 spiro atoms. The van der Waals surface area contributed by atoms with Gasteiger partial charge < -0.3 is 10.2 Å². The van der Waals surface area contributed by atoms with Gasteiger partial charge >= 0.3 is 0 Å². The van der Waals surface area contributed by atoms with Crippen LogP contribution in [0.4, 0.5) is 4.39 Å². The molecule has 148 valence electrons. The Morgan fingerprint density at radius 3 is 2.54 bits per heavy atom. The van der Waals surface area contributed by atoms with E-state index in [1.165, 1.54) is 12.1 Å². The van der Waals surface area contributed by atoms with Gasteiger partial charge in [-0.05, 0) is 48.1 Å². The minimum Gasteiger partial charge on any atom is -0.359 e. The van der Waals surface area contributed by atoms with E-state index in [1.807, 2.05) is 42.2 Å². The molecule has 1 aliphatic rings. The molecule has 5 heteroatoms.